The van der Waals surface area contributed by atoms with Crippen LogP contribution < -0.4 is 19.5 Å². The Hall–Kier alpha value is -3.91. The minimum absolute atomic E-state index is 0.310. The van der Waals surface area contributed by atoms with Crippen LogP contribution in [0.4, 0.5) is 5.69 Å². The van der Waals surface area contributed by atoms with Gasteiger partial charge in [0.2, 0.25) is 5.75 Å². The molecule has 1 amide bonds. The first-order valence-corrected chi connectivity index (χ1v) is 8.93. The molecule has 5 heteroatoms. The van der Waals surface area contributed by atoms with Crippen LogP contribution in [-0.4, -0.2) is 27.2 Å². The first kappa shape index (κ1) is 19.8. The van der Waals surface area contributed by atoms with Crippen LogP contribution in [-0.2, 0) is 0 Å². The number of ether oxygens (including phenoxy) is 3. The van der Waals surface area contributed by atoms with Crippen molar-refractivity contribution in [1.82, 2.24) is 0 Å². The van der Waals surface area contributed by atoms with Gasteiger partial charge in [0.15, 0.2) is 11.5 Å². The number of methoxy groups -OCH3 is 3. The topological polar surface area (TPSA) is 56.8 Å². The molecule has 3 aromatic rings. The van der Waals surface area contributed by atoms with Crippen molar-refractivity contribution in [2.45, 2.75) is 0 Å². The van der Waals surface area contributed by atoms with Crippen molar-refractivity contribution in [2.75, 3.05) is 26.6 Å². The number of anilines is 1. The van der Waals surface area contributed by atoms with Gasteiger partial charge in [-0.25, -0.2) is 0 Å². The largest absolute Gasteiger partial charge is 0.493 e. The first-order chi connectivity index (χ1) is 14.2. The first-order valence-electron chi connectivity index (χ1n) is 8.93. The van der Waals surface area contributed by atoms with E-state index < -0.39 is 0 Å². The summed E-state index contributed by atoms with van der Waals surface area (Å²) in [4.78, 5) is 12.8. The molecule has 0 fully saturated rings. The van der Waals surface area contributed by atoms with E-state index in [1.807, 2.05) is 48.5 Å². The number of benzene rings is 3. The molecule has 0 saturated heterocycles. The van der Waals surface area contributed by atoms with Gasteiger partial charge in [0, 0.05) is 16.8 Å². The van der Waals surface area contributed by atoms with E-state index in [2.05, 4.69) is 17.2 Å². The van der Waals surface area contributed by atoms with E-state index in [0.717, 1.165) is 11.1 Å². The number of rotatable bonds is 5. The predicted molar refractivity (Wildman–Crippen MR) is 113 cm³/mol. The summed E-state index contributed by atoms with van der Waals surface area (Å²) in [6.07, 6.45) is 0. The van der Waals surface area contributed by atoms with Gasteiger partial charge in [-0.2, -0.15) is 0 Å². The van der Waals surface area contributed by atoms with Crippen LogP contribution in [0, 0.1) is 11.8 Å². The third-order valence-electron chi connectivity index (χ3n) is 4.19. The van der Waals surface area contributed by atoms with Gasteiger partial charge < -0.3 is 19.5 Å². The summed E-state index contributed by atoms with van der Waals surface area (Å²) in [6.45, 7) is 0. The Balaban J connectivity index is 1.84. The van der Waals surface area contributed by atoms with Crippen molar-refractivity contribution >= 4 is 11.6 Å². The van der Waals surface area contributed by atoms with Crippen LogP contribution >= 0.6 is 0 Å². The maximum Gasteiger partial charge on any atom is 0.259 e. The Morgan fingerprint density at radius 3 is 2.14 bits per heavy atom. The van der Waals surface area contributed by atoms with Crippen molar-refractivity contribution in [3.05, 3.63) is 83.4 Å². The summed E-state index contributed by atoms with van der Waals surface area (Å²) in [7, 11) is 4.50. The lowest BCUT2D eigenvalue weighted by atomic mass is 10.1. The smallest absolute Gasteiger partial charge is 0.259 e. The van der Waals surface area contributed by atoms with Gasteiger partial charge in [0.1, 0.15) is 0 Å². The van der Waals surface area contributed by atoms with Crippen molar-refractivity contribution in [3.63, 3.8) is 0 Å². The van der Waals surface area contributed by atoms with Gasteiger partial charge in [0.25, 0.3) is 5.91 Å². The molecular formula is C24H21NO4. The third-order valence-corrected chi connectivity index (χ3v) is 4.19. The molecule has 0 aliphatic heterocycles. The molecule has 0 saturated carbocycles. The molecule has 29 heavy (non-hydrogen) atoms. The van der Waals surface area contributed by atoms with E-state index in [0.29, 0.717) is 28.5 Å². The van der Waals surface area contributed by atoms with Crippen LogP contribution in [0.5, 0.6) is 17.2 Å². The zero-order valence-electron chi connectivity index (χ0n) is 16.5. The highest BCUT2D eigenvalue weighted by Gasteiger charge is 2.20. The molecule has 1 N–H and O–H groups in total. The van der Waals surface area contributed by atoms with Crippen molar-refractivity contribution < 1.29 is 19.0 Å². The average molecular weight is 387 g/mol. The highest BCUT2D eigenvalue weighted by Crippen LogP contribution is 2.39. The standard InChI is InChI=1S/C24H21NO4/c1-27-21-15-14-20(22(28-2)23(21)29-3)24(26)25-19-11-7-10-18(16-19)13-12-17-8-5-4-6-9-17/h4-11,14-16H,1-3H3,(H,25,26). The third kappa shape index (κ3) is 4.69. The second-order valence-corrected chi connectivity index (χ2v) is 6.03. The minimum atomic E-state index is -0.323. The van der Waals surface area contributed by atoms with E-state index in [1.165, 1.54) is 21.3 Å². The number of hydrogen-bond donors (Lipinski definition) is 1. The lowest BCUT2D eigenvalue weighted by Gasteiger charge is -2.15. The molecule has 0 aromatic heterocycles. The van der Waals surface area contributed by atoms with Crippen LogP contribution in [0.15, 0.2) is 66.7 Å². The fraction of sp³-hybridized carbons (Fsp3) is 0.125. The summed E-state index contributed by atoms with van der Waals surface area (Å²) in [5.41, 5.74) is 2.69. The zero-order valence-corrected chi connectivity index (χ0v) is 16.5. The average Bonchev–Trinajstić information content (AvgIpc) is 2.77. The number of hydrogen-bond acceptors (Lipinski definition) is 4. The highest BCUT2D eigenvalue weighted by molar-refractivity contribution is 6.07. The zero-order chi connectivity index (χ0) is 20.6. The quantitative estimate of drug-likeness (QED) is 0.661. The molecule has 5 nitrogen and oxygen atoms in total. The monoisotopic (exact) mass is 387 g/mol. The molecule has 0 aliphatic rings. The number of nitrogens with one attached hydrogen (secondary N) is 1. The number of carbonyl (C=O) groups is 1. The second-order valence-electron chi connectivity index (χ2n) is 6.03. The maximum atomic E-state index is 12.8. The summed E-state index contributed by atoms with van der Waals surface area (Å²) >= 11 is 0. The Bertz CT molecular complexity index is 1070. The fourth-order valence-electron chi connectivity index (χ4n) is 2.82. The fourth-order valence-corrected chi connectivity index (χ4v) is 2.82. The summed E-state index contributed by atoms with van der Waals surface area (Å²) in [5, 5.41) is 2.88. The maximum absolute atomic E-state index is 12.8. The Morgan fingerprint density at radius 1 is 0.759 bits per heavy atom. The summed E-state index contributed by atoms with van der Waals surface area (Å²) in [5.74, 6) is 7.05. The molecule has 146 valence electrons. The normalized spacial score (nSPS) is 9.76. The lowest BCUT2D eigenvalue weighted by Crippen LogP contribution is -2.14. The molecule has 3 aromatic carbocycles. The summed E-state index contributed by atoms with van der Waals surface area (Å²) in [6, 6.07) is 20.4. The molecule has 0 spiro atoms. The van der Waals surface area contributed by atoms with Gasteiger partial charge >= 0.3 is 0 Å². The lowest BCUT2D eigenvalue weighted by molar-refractivity contribution is 0.102. The summed E-state index contributed by atoms with van der Waals surface area (Å²) < 4.78 is 16.0. The molecule has 0 heterocycles. The SMILES string of the molecule is COc1ccc(C(=O)Nc2cccc(C#Cc3ccccc3)c2)c(OC)c1OC. The molecule has 0 unspecified atom stereocenters. The highest BCUT2D eigenvalue weighted by atomic mass is 16.5. The van der Waals surface area contributed by atoms with Crippen LogP contribution in [0.25, 0.3) is 0 Å². The number of amides is 1. The van der Waals surface area contributed by atoms with E-state index in [4.69, 9.17) is 14.2 Å². The molecular weight excluding hydrogens is 366 g/mol. The minimum Gasteiger partial charge on any atom is -0.493 e. The van der Waals surface area contributed by atoms with E-state index in [1.54, 1.807) is 18.2 Å². The number of carbonyl (C=O) groups excluding carboxylic acids is 1. The van der Waals surface area contributed by atoms with E-state index in [9.17, 15) is 4.79 Å². The molecule has 0 aliphatic carbocycles. The molecule has 3 rings (SSSR count). The van der Waals surface area contributed by atoms with Crippen molar-refractivity contribution in [3.8, 4) is 29.1 Å². The Labute approximate surface area is 170 Å². The van der Waals surface area contributed by atoms with Crippen LogP contribution in [0.3, 0.4) is 0 Å². The van der Waals surface area contributed by atoms with Crippen LogP contribution in [0.2, 0.25) is 0 Å². The van der Waals surface area contributed by atoms with Gasteiger partial charge in [0.05, 0.1) is 26.9 Å². The Kier molecular flexibility index (Phi) is 6.39. The molecule has 0 bridgehead atoms. The Morgan fingerprint density at radius 2 is 1.45 bits per heavy atom. The van der Waals surface area contributed by atoms with Crippen molar-refractivity contribution in [1.29, 1.82) is 0 Å². The second kappa shape index (κ2) is 9.34. The van der Waals surface area contributed by atoms with Gasteiger partial charge in [-0.15, -0.1) is 0 Å². The van der Waals surface area contributed by atoms with E-state index in [-0.39, 0.29) is 5.91 Å². The van der Waals surface area contributed by atoms with Gasteiger partial charge in [-0.05, 0) is 42.5 Å². The van der Waals surface area contributed by atoms with Gasteiger partial charge in [-0.1, -0.05) is 36.1 Å². The van der Waals surface area contributed by atoms with E-state index >= 15 is 0 Å². The molecule has 0 radical (unpaired) electrons. The molecule has 0 atom stereocenters. The predicted octanol–water partition coefficient (Wildman–Crippen LogP) is 4.36. The van der Waals surface area contributed by atoms with Gasteiger partial charge in [-0.3, -0.25) is 4.79 Å². The van der Waals surface area contributed by atoms with Crippen molar-refractivity contribution in [2.24, 2.45) is 0 Å². The van der Waals surface area contributed by atoms with Crippen LogP contribution in [0.1, 0.15) is 21.5 Å².